The summed E-state index contributed by atoms with van der Waals surface area (Å²) in [4.78, 5) is 48.9. The third kappa shape index (κ3) is 4.22. The first-order valence-electron chi connectivity index (χ1n) is 9.94. The van der Waals surface area contributed by atoms with E-state index >= 15 is 0 Å². The van der Waals surface area contributed by atoms with Crippen LogP contribution in [0.15, 0.2) is 6.08 Å². The quantitative estimate of drug-likeness (QED) is 0.421. The molecule has 1 aliphatic heterocycles. The summed E-state index contributed by atoms with van der Waals surface area (Å²) in [6, 6.07) is -0.670. The van der Waals surface area contributed by atoms with E-state index in [0.717, 1.165) is 29.8 Å². The van der Waals surface area contributed by atoms with Gasteiger partial charge < -0.3 is 10.1 Å². The number of imide groups is 1. The molecular formula is C20H27N5O5. The number of esters is 1. The Labute approximate surface area is 174 Å². The fourth-order valence-electron chi connectivity index (χ4n) is 3.84. The van der Waals surface area contributed by atoms with Crippen molar-refractivity contribution in [1.82, 2.24) is 25.5 Å². The van der Waals surface area contributed by atoms with Crippen LogP contribution in [0, 0.1) is 19.8 Å². The number of ether oxygens (including phenoxy) is 1. The van der Waals surface area contributed by atoms with Gasteiger partial charge in [0.25, 0.3) is 11.8 Å². The first-order valence-corrected chi connectivity index (χ1v) is 9.94. The largest absolute Gasteiger partial charge is 0.452 e. The molecule has 4 amide bonds. The fraction of sp³-hybridized carbons (Fsp3) is 0.550. The molecule has 0 radical (unpaired) electrons. The highest BCUT2D eigenvalue weighted by Crippen LogP contribution is 2.35. The Balaban J connectivity index is 1.52. The highest BCUT2D eigenvalue weighted by atomic mass is 16.5. The van der Waals surface area contributed by atoms with Crippen LogP contribution in [0.4, 0.5) is 4.79 Å². The number of hydrogen-bond donors (Lipinski definition) is 2. The summed E-state index contributed by atoms with van der Waals surface area (Å²) in [5, 5.41) is 7.64. The zero-order valence-electron chi connectivity index (χ0n) is 17.7. The maximum Gasteiger partial charge on any atom is 0.344 e. The van der Waals surface area contributed by atoms with Gasteiger partial charge in [0, 0.05) is 24.4 Å². The number of amides is 4. The summed E-state index contributed by atoms with van der Waals surface area (Å²) in [5.74, 6) is -1.46. The van der Waals surface area contributed by atoms with Crippen molar-refractivity contribution < 1.29 is 23.9 Å². The summed E-state index contributed by atoms with van der Waals surface area (Å²) < 4.78 is 6.61. The van der Waals surface area contributed by atoms with Crippen LogP contribution in [0.2, 0.25) is 0 Å². The fourth-order valence-corrected chi connectivity index (χ4v) is 3.84. The number of aryl methyl sites for hydroxylation is 2. The minimum atomic E-state index is -0.949. The van der Waals surface area contributed by atoms with E-state index in [1.807, 2.05) is 13.8 Å². The number of carbonyl (C=O) groups excluding carboxylic acids is 4. The van der Waals surface area contributed by atoms with E-state index in [-0.39, 0.29) is 0 Å². The number of hydrogen-bond acceptors (Lipinski definition) is 6. The normalized spacial score (nSPS) is 23.9. The van der Waals surface area contributed by atoms with Crippen LogP contribution in [-0.4, -0.2) is 50.7 Å². The maximum absolute atomic E-state index is 12.7. The molecule has 3 rings (SSSR count). The lowest BCUT2D eigenvalue weighted by molar-refractivity contribution is -0.147. The Morgan fingerprint density at radius 3 is 2.57 bits per heavy atom. The molecule has 1 spiro atoms. The molecule has 10 heteroatoms. The molecule has 2 N–H and O–H groups in total. The minimum absolute atomic E-state index is 0.471. The van der Waals surface area contributed by atoms with Crippen molar-refractivity contribution in [2.45, 2.75) is 52.0 Å². The summed E-state index contributed by atoms with van der Waals surface area (Å²) in [6.07, 6.45) is 5.51. The summed E-state index contributed by atoms with van der Waals surface area (Å²) >= 11 is 0. The lowest BCUT2D eigenvalue weighted by Gasteiger charge is -2.33. The number of hydrazine groups is 1. The van der Waals surface area contributed by atoms with Crippen LogP contribution in [0.5, 0.6) is 0 Å². The Morgan fingerprint density at radius 2 is 1.97 bits per heavy atom. The Kier molecular flexibility index (Phi) is 5.95. The molecule has 1 saturated carbocycles. The maximum atomic E-state index is 12.7. The van der Waals surface area contributed by atoms with Crippen LogP contribution in [0.1, 0.15) is 49.6 Å². The van der Waals surface area contributed by atoms with E-state index in [1.165, 1.54) is 6.08 Å². The van der Waals surface area contributed by atoms with Gasteiger partial charge in [-0.1, -0.05) is 6.92 Å². The Bertz CT molecular complexity index is 911. The van der Waals surface area contributed by atoms with Crippen molar-refractivity contribution in [2.24, 2.45) is 13.0 Å². The second-order valence-electron chi connectivity index (χ2n) is 8.02. The topological polar surface area (TPSA) is 123 Å². The highest BCUT2D eigenvalue weighted by Gasteiger charge is 2.52. The van der Waals surface area contributed by atoms with Gasteiger partial charge in [-0.15, -0.1) is 0 Å². The monoisotopic (exact) mass is 417 g/mol. The van der Waals surface area contributed by atoms with Crippen LogP contribution in [-0.2, 0) is 26.2 Å². The molecule has 10 nitrogen and oxygen atoms in total. The second-order valence-corrected chi connectivity index (χ2v) is 8.02. The van der Waals surface area contributed by atoms with Gasteiger partial charge in [-0.2, -0.15) is 10.1 Å². The minimum Gasteiger partial charge on any atom is -0.452 e. The lowest BCUT2D eigenvalue weighted by Crippen LogP contribution is -2.52. The Morgan fingerprint density at radius 1 is 1.30 bits per heavy atom. The number of urea groups is 1. The van der Waals surface area contributed by atoms with Gasteiger partial charge >= 0.3 is 12.0 Å². The summed E-state index contributed by atoms with van der Waals surface area (Å²) in [6.45, 7) is 5.18. The molecule has 1 aromatic heterocycles. The van der Waals surface area contributed by atoms with Crippen LogP contribution in [0.3, 0.4) is 0 Å². The molecule has 1 aliphatic carbocycles. The van der Waals surface area contributed by atoms with Gasteiger partial charge in [0.15, 0.2) is 6.61 Å². The van der Waals surface area contributed by atoms with E-state index < -0.39 is 36.0 Å². The SMILES string of the molecule is Cc1nn(C)c(C)c1/C=C/C(=O)OCC(=O)NN1C(=O)NC2(CCC(C)CC2)C1=O. The highest BCUT2D eigenvalue weighted by molar-refractivity contribution is 6.08. The predicted molar refractivity (Wildman–Crippen MR) is 107 cm³/mol. The summed E-state index contributed by atoms with van der Waals surface area (Å²) in [5.41, 5.74) is 3.73. The number of nitrogens with one attached hydrogen (secondary N) is 2. The van der Waals surface area contributed by atoms with Crippen LogP contribution in [0.25, 0.3) is 6.08 Å². The van der Waals surface area contributed by atoms with E-state index in [1.54, 1.807) is 17.8 Å². The predicted octanol–water partition coefficient (Wildman–Crippen LogP) is 1.13. The molecule has 0 aromatic carbocycles. The number of carbonyl (C=O) groups is 4. The molecule has 0 bridgehead atoms. The van der Waals surface area contributed by atoms with E-state index in [9.17, 15) is 19.2 Å². The van der Waals surface area contributed by atoms with E-state index in [4.69, 9.17) is 4.74 Å². The van der Waals surface area contributed by atoms with Gasteiger partial charge in [-0.05, 0) is 51.5 Å². The summed E-state index contributed by atoms with van der Waals surface area (Å²) in [7, 11) is 1.80. The van der Waals surface area contributed by atoms with Gasteiger partial charge in [-0.3, -0.25) is 19.7 Å². The van der Waals surface area contributed by atoms with Crippen molar-refractivity contribution in [3.63, 3.8) is 0 Å². The average molecular weight is 417 g/mol. The molecule has 0 atom stereocenters. The van der Waals surface area contributed by atoms with Crippen molar-refractivity contribution >= 4 is 29.9 Å². The molecular weight excluding hydrogens is 390 g/mol. The molecule has 2 fully saturated rings. The van der Waals surface area contributed by atoms with Crippen LogP contribution < -0.4 is 10.7 Å². The van der Waals surface area contributed by atoms with Gasteiger partial charge in [0.05, 0.1) is 5.69 Å². The third-order valence-electron chi connectivity index (χ3n) is 5.82. The first-order chi connectivity index (χ1) is 14.1. The first kappa shape index (κ1) is 21.5. The molecule has 30 heavy (non-hydrogen) atoms. The van der Waals surface area contributed by atoms with Gasteiger partial charge in [0.2, 0.25) is 0 Å². The van der Waals surface area contributed by atoms with Gasteiger partial charge in [0.1, 0.15) is 5.54 Å². The standard InChI is InChI=1S/C20H27N5O5/c1-12-7-9-20(10-8-12)18(28)25(19(29)21-20)23-16(26)11-30-17(27)6-5-15-13(2)22-24(4)14(15)3/h5-6,12H,7-11H2,1-4H3,(H,21,29)(H,23,26)/b6-5+. The molecule has 162 valence electrons. The zero-order valence-corrected chi connectivity index (χ0v) is 17.7. The van der Waals surface area contributed by atoms with Crippen molar-refractivity contribution in [3.05, 3.63) is 23.0 Å². The Hall–Kier alpha value is -3.17. The second kappa shape index (κ2) is 8.29. The smallest absolute Gasteiger partial charge is 0.344 e. The molecule has 2 aliphatic rings. The van der Waals surface area contributed by atoms with Crippen LogP contribution >= 0.6 is 0 Å². The average Bonchev–Trinajstić information content (AvgIpc) is 3.07. The van der Waals surface area contributed by atoms with E-state index in [2.05, 4.69) is 22.8 Å². The van der Waals surface area contributed by atoms with E-state index in [0.29, 0.717) is 23.8 Å². The van der Waals surface area contributed by atoms with Crippen molar-refractivity contribution in [1.29, 1.82) is 0 Å². The molecule has 2 heterocycles. The molecule has 1 aromatic rings. The zero-order chi connectivity index (χ0) is 22.1. The lowest BCUT2D eigenvalue weighted by atomic mass is 9.77. The van der Waals surface area contributed by atoms with Gasteiger partial charge in [-0.25, -0.2) is 9.59 Å². The molecule has 0 unspecified atom stereocenters. The number of aromatic nitrogens is 2. The van der Waals surface area contributed by atoms with Crippen molar-refractivity contribution in [3.8, 4) is 0 Å². The number of nitrogens with zero attached hydrogens (tertiary/aromatic N) is 3. The van der Waals surface area contributed by atoms with Crippen molar-refractivity contribution in [2.75, 3.05) is 6.61 Å². The number of rotatable bonds is 5. The third-order valence-corrected chi connectivity index (χ3v) is 5.82. The molecule has 1 saturated heterocycles.